The average Bonchev–Trinajstić information content (AvgIpc) is 3.28. The zero-order valence-electron chi connectivity index (χ0n) is 34.1. The molecule has 0 nitrogen and oxygen atoms in total. The summed E-state index contributed by atoms with van der Waals surface area (Å²) in [5.74, 6) is 0. The predicted octanol–water partition coefficient (Wildman–Crippen LogP) is 17.3. The normalized spacial score (nSPS) is 12.0. The molecule has 0 spiro atoms. The van der Waals surface area contributed by atoms with Crippen molar-refractivity contribution in [2.75, 3.05) is 0 Å². The minimum atomic E-state index is 1.14. The third kappa shape index (κ3) is 6.50. The number of fused-ring (bicyclic) bond motifs is 11. The van der Waals surface area contributed by atoms with Gasteiger partial charge in [-0.1, -0.05) is 198 Å². The van der Waals surface area contributed by atoms with Gasteiger partial charge in [0.25, 0.3) is 0 Å². The number of hydrogen-bond donors (Lipinski definition) is 0. The average molecular weight is 749 g/mol. The van der Waals surface area contributed by atoms with Crippen molar-refractivity contribution < 1.29 is 0 Å². The van der Waals surface area contributed by atoms with Crippen LogP contribution >= 0.6 is 0 Å². The standard InChI is InChI=1S/C58H52/c1-3-5-7-9-15-39-21-25-43(26-22-39)55-51-33-29-41-17-11-13-19-47(41)53(51)37-45-31-36-50-49(57(45)55)35-32-46-38-54-48-20-14-12-18-42(48)30-34-52(54)56(58(46)50)44-27-23-40(24-28-44)16-10-8-6-4-2/h11-14,17-38H,3-10,15-16H2,1-2H3. The summed E-state index contributed by atoms with van der Waals surface area (Å²) in [6.45, 7) is 4.58. The summed E-state index contributed by atoms with van der Waals surface area (Å²) in [6.07, 6.45) is 12.6. The Morgan fingerprint density at radius 3 is 1.12 bits per heavy atom. The first-order valence-corrected chi connectivity index (χ1v) is 22.0. The van der Waals surface area contributed by atoms with E-state index in [0.29, 0.717) is 0 Å². The topological polar surface area (TPSA) is 0 Å². The van der Waals surface area contributed by atoms with Crippen LogP contribution < -0.4 is 0 Å². The van der Waals surface area contributed by atoms with Crippen molar-refractivity contribution in [3.8, 4) is 22.3 Å². The first kappa shape index (κ1) is 36.4. The molecule has 10 rings (SSSR count). The van der Waals surface area contributed by atoms with E-state index in [1.807, 2.05) is 0 Å². The van der Waals surface area contributed by atoms with Gasteiger partial charge in [-0.2, -0.15) is 0 Å². The van der Waals surface area contributed by atoms with Gasteiger partial charge in [0.1, 0.15) is 0 Å². The van der Waals surface area contributed by atoms with Crippen molar-refractivity contribution in [2.45, 2.75) is 78.1 Å². The van der Waals surface area contributed by atoms with E-state index in [0.717, 1.165) is 12.8 Å². The second-order valence-corrected chi connectivity index (χ2v) is 16.7. The van der Waals surface area contributed by atoms with Gasteiger partial charge in [0, 0.05) is 0 Å². The van der Waals surface area contributed by atoms with Crippen LogP contribution in [0.2, 0.25) is 0 Å². The van der Waals surface area contributed by atoms with Crippen LogP contribution in [0.5, 0.6) is 0 Å². The van der Waals surface area contributed by atoms with E-state index < -0.39 is 0 Å². The highest BCUT2D eigenvalue weighted by Crippen LogP contribution is 2.47. The molecular formula is C58H52. The number of unbranched alkanes of at least 4 members (excludes halogenated alkanes) is 6. The summed E-state index contributed by atoms with van der Waals surface area (Å²) in [7, 11) is 0. The zero-order chi connectivity index (χ0) is 39.0. The van der Waals surface area contributed by atoms with E-state index in [-0.39, 0.29) is 0 Å². The molecule has 58 heavy (non-hydrogen) atoms. The maximum Gasteiger partial charge on any atom is -0.00201 e. The van der Waals surface area contributed by atoms with Crippen molar-refractivity contribution in [3.05, 3.63) is 169 Å². The molecule has 0 radical (unpaired) electrons. The van der Waals surface area contributed by atoms with Crippen LogP contribution in [0.1, 0.15) is 76.3 Å². The number of benzene rings is 10. The van der Waals surface area contributed by atoms with E-state index in [4.69, 9.17) is 0 Å². The fourth-order valence-electron chi connectivity index (χ4n) is 9.94. The first-order valence-electron chi connectivity index (χ1n) is 22.0. The molecule has 0 atom stereocenters. The van der Waals surface area contributed by atoms with Crippen molar-refractivity contribution >= 4 is 75.4 Å². The third-order valence-electron chi connectivity index (χ3n) is 13.0. The van der Waals surface area contributed by atoms with Crippen LogP contribution in [0, 0.1) is 0 Å². The van der Waals surface area contributed by atoms with Crippen LogP contribution in [-0.4, -0.2) is 0 Å². The molecule has 0 saturated heterocycles. The van der Waals surface area contributed by atoms with Gasteiger partial charge in [-0.15, -0.1) is 0 Å². The van der Waals surface area contributed by atoms with Crippen molar-refractivity contribution in [3.63, 3.8) is 0 Å². The molecule has 0 saturated carbocycles. The summed E-state index contributed by atoms with van der Waals surface area (Å²) in [4.78, 5) is 0. The molecule has 0 unspecified atom stereocenters. The van der Waals surface area contributed by atoms with Gasteiger partial charge in [0.2, 0.25) is 0 Å². The Morgan fingerprint density at radius 2 is 0.690 bits per heavy atom. The van der Waals surface area contributed by atoms with Gasteiger partial charge < -0.3 is 0 Å². The molecule has 0 bridgehead atoms. The molecule has 10 aromatic rings. The van der Waals surface area contributed by atoms with Gasteiger partial charge in [-0.05, 0) is 147 Å². The molecule has 0 aliphatic heterocycles. The number of rotatable bonds is 12. The van der Waals surface area contributed by atoms with Crippen LogP contribution in [0.4, 0.5) is 0 Å². The molecule has 0 heteroatoms. The molecule has 284 valence electrons. The van der Waals surface area contributed by atoms with Gasteiger partial charge in [-0.25, -0.2) is 0 Å². The number of hydrogen-bond acceptors (Lipinski definition) is 0. The zero-order valence-corrected chi connectivity index (χ0v) is 34.1. The molecular weight excluding hydrogens is 697 g/mol. The lowest BCUT2D eigenvalue weighted by molar-refractivity contribution is 0.667. The predicted molar refractivity (Wildman–Crippen MR) is 256 cm³/mol. The van der Waals surface area contributed by atoms with Gasteiger partial charge in [0.05, 0.1) is 0 Å². The lowest BCUT2D eigenvalue weighted by atomic mass is 9.84. The highest BCUT2D eigenvalue weighted by atomic mass is 14.2. The first-order chi connectivity index (χ1) is 28.7. The van der Waals surface area contributed by atoms with Crippen LogP contribution in [0.15, 0.2) is 158 Å². The van der Waals surface area contributed by atoms with Crippen LogP contribution in [-0.2, 0) is 12.8 Å². The minimum absolute atomic E-state index is 1.14. The summed E-state index contributed by atoms with van der Waals surface area (Å²) >= 11 is 0. The third-order valence-corrected chi connectivity index (χ3v) is 13.0. The van der Waals surface area contributed by atoms with Crippen molar-refractivity contribution in [1.29, 1.82) is 0 Å². The monoisotopic (exact) mass is 748 g/mol. The summed E-state index contributed by atoms with van der Waals surface area (Å²) < 4.78 is 0. The molecule has 0 fully saturated rings. The SMILES string of the molecule is CCCCCCc1ccc(-c2c3ccc4ccccc4c3cc3ccc4c(ccc5cc6c(ccc7ccccc76)c(-c6ccc(CCCCCC)cc6)c54)c23)cc1. The summed E-state index contributed by atoms with van der Waals surface area (Å²) in [6, 6.07) is 60.8. The lowest BCUT2D eigenvalue weighted by Crippen LogP contribution is -1.92. The highest BCUT2D eigenvalue weighted by molar-refractivity contribution is 6.32. The van der Waals surface area contributed by atoms with E-state index in [1.54, 1.807) is 0 Å². The second kappa shape index (κ2) is 15.8. The van der Waals surface area contributed by atoms with Crippen LogP contribution in [0.3, 0.4) is 0 Å². The second-order valence-electron chi connectivity index (χ2n) is 16.7. The molecule has 10 aromatic carbocycles. The van der Waals surface area contributed by atoms with E-state index >= 15 is 0 Å². The Morgan fingerprint density at radius 1 is 0.293 bits per heavy atom. The largest absolute Gasteiger partial charge is 0.0654 e. The summed E-state index contributed by atoms with van der Waals surface area (Å²) in [5, 5.41) is 18.3. The molecule has 0 heterocycles. The Labute approximate surface area is 343 Å². The summed E-state index contributed by atoms with van der Waals surface area (Å²) in [5.41, 5.74) is 8.11. The molecule has 0 amide bonds. The highest BCUT2D eigenvalue weighted by Gasteiger charge is 2.19. The van der Waals surface area contributed by atoms with Gasteiger partial charge in [-0.3, -0.25) is 0 Å². The van der Waals surface area contributed by atoms with Gasteiger partial charge >= 0.3 is 0 Å². The van der Waals surface area contributed by atoms with Gasteiger partial charge in [0.15, 0.2) is 0 Å². The Balaban J connectivity index is 1.25. The number of aryl methyl sites for hydroxylation is 2. The Bertz CT molecular complexity index is 2890. The fraction of sp³-hybridized carbons (Fsp3) is 0.207. The molecule has 0 aliphatic carbocycles. The van der Waals surface area contributed by atoms with E-state index in [2.05, 4.69) is 172 Å². The Kier molecular flexibility index (Phi) is 9.88. The maximum absolute atomic E-state index is 2.45. The fourth-order valence-corrected chi connectivity index (χ4v) is 9.94. The van der Waals surface area contributed by atoms with Crippen LogP contribution in [0.25, 0.3) is 97.7 Å². The Hall–Kier alpha value is -5.98. The van der Waals surface area contributed by atoms with E-state index in [9.17, 15) is 0 Å². The smallest absolute Gasteiger partial charge is 0.00201 e. The maximum atomic E-state index is 2.45. The quantitative estimate of drug-likeness (QED) is 0.0663. The molecule has 0 aliphatic rings. The van der Waals surface area contributed by atoms with Crippen molar-refractivity contribution in [1.82, 2.24) is 0 Å². The van der Waals surface area contributed by atoms with E-state index in [1.165, 1.54) is 160 Å². The van der Waals surface area contributed by atoms with Crippen molar-refractivity contribution in [2.24, 2.45) is 0 Å². The molecule has 0 N–H and O–H groups in total. The minimum Gasteiger partial charge on any atom is -0.0654 e. The lowest BCUT2D eigenvalue weighted by Gasteiger charge is -2.19. The molecule has 0 aromatic heterocycles.